The Labute approximate surface area is 201 Å². The second kappa shape index (κ2) is 11.2. The lowest BCUT2D eigenvalue weighted by Crippen LogP contribution is -2.38. The maximum atomic E-state index is 14.5. The van der Waals surface area contributed by atoms with Crippen LogP contribution in [0, 0.1) is 23.3 Å². The van der Waals surface area contributed by atoms with Crippen molar-refractivity contribution in [3.63, 3.8) is 0 Å². The van der Waals surface area contributed by atoms with Gasteiger partial charge >= 0.3 is 5.97 Å². The lowest BCUT2D eigenvalue weighted by atomic mass is 9.95. The summed E-state index contributed by atoms with van der Waals surface area (Å²) in [5.74, 6) is -5.97. The first kappa shape index (κ1) is 25.9. The average molecular weight is 487 g/mol. The Kier molecular flexibility index (Phi) is 8.27. The van der Waals surface area contributed by atoms with Gasteiger partial charge in [-0.3, -0.25) is 14.5 Å². The van der Waals surface area contributed by atoms with Gasteiger partial charge in [-0.25, -0.2) is 17.6 Å². The molecule has 0 unspecified atom stereocenters. The molecule has 0 aliphatic heterocycles. The van der Waals surface area contributed by atoms with E-state index in [0.717, 1.165) is 29.2 Å². The molecule has 0 fully saturated rings. The number of nitrogens with zero attached hydrogens (tertiary/aromatic N) is 1. The smallest absolute Gasteiger partial charge is 0.326 e. The van der Waals surface area contributed by atoms with Crippen molar-refractivity contribution >= 4 is 17.6 Å². The number of esters is 1. The number of hydrogen-bond acceptors (Lipinski definition) is 3. The quantitative estimate of drug-likeness (QED) is 0.271. The van der Waals surface area contributed by atoms with Crippen molar-refractivity contribution in [2.75, 3.05) is 11.4 Å². The highest BCUT2D eigenvalue weighted by atomic mass is 19.2. The highest BCUT2D eigenvalue weighted by Crippen LogP contribution is 2.32. The number of halogens is 4. The summed E-state index contributed by atoms with van der Waals surface area (Å²) in [6.07, 6.45) is 0.355. The Bertz CT molecular complexity index is 1220. The van der Waals surface area contributed by atoms with Gasteiger partial charge in [0.15, 0.2) is 11.6 Å². The van der Waals surface area contributed by atoms with Gasteiger partial charge in [0.25, 0.3) is 5.91 Å². The van der Waals surface area contributed by atoms with Gasteiger partial charge in [0.05, 0.1) is 6.10 Å². The molecule has 0 heterocycles. The summed E-state index contributed by atoms with van der Waals surface area (Å²) in [4.78, 5) is 26.6. The van der Waals surface area contributed by atoms with Crippen LogP contribution in [0.4, 0.5) is 23.2 Å². The molecule has 0 atom stereocenters. The van der Waals surface area contributed by atoms with Gasteiger partial charge < -0.3 is 4.74 Å². The molecule has 3 aromatic rings. The Morgan fingerprint density at radius 2 is 1.57 bits per heavy atom. The maximum absolute atomic E-state index is 14.5. The summed E-state index contributed by atoms with van der Waals surface area (Å²) in [7, 11) is 0. The topological polar surface area (TPSA) is 46.6 Å². The zero-order valence-corrected chi connectivity index (χ0v) is 19.6. The third-order valence-corrected chi connectivity index (χ3v) is 5.24. The molecule has 0 saturated carbocycles. The van der Waals surface area contributed by atoms with E-state index < -0.39 is 53.4 Å². The highest BCUT2D eigenvalue weighted by Gasteiger charge is 2.27. The SMILES string of the molecule is CCCc1c(-c2cccc(N(CC(=O)OC(C)C)C(=O)c3c(F)cccc3F)c2)ccc(F)c1F. The number of ether oxygens (including phenoxy) is 1. The van der Waals surface area contributed by atoms with Crippen LogP contribution >= 0.6 is 0 Å². The second-order valence-corrected chi connectivity index (χ2v) is 8.21. The number of amides is 1. The van der Waals surface area contributed by atoms with E-state index in [9.17, 15) is 27.2 Å². The maximum Gasteiger partial charge on any atom is 0.326 e. The van der Waals surface area contributed by atoms with Crippen molar-refractivity contribution < 1.29 is 31.9 Å². The van der Waals surface area contributed by atoms with Gasteiger partial charge in [0.1, 0.15) is 23.7 Å². The van der Waals surface area contributed by atoms with Crippen LogP contribution in [0.2, 0.25) is 0 Å². The number of carbonyl (C=O) groups is 2. The molecule has 0 aliphatic rings. The molecule has 0 bridgehead atoms. The van der Waals surface area contributed by atoms with Gasteiger partial charge in [-0.2, -0.15) is 0 Å². The lowest BCUT2D eigenvalue weighted by Gasteiger charge is -2.24. The van der Waals surface area contributed by atoms with Crippen molar-refractivity contribution in [2.24, 2.45) is 0 Å². The van der Waals surface area contributed by atoms with Crippen molar-refractivity contribution in [3.8, 4) is 11.1 Å². The number of benzene rings is 3. The zero-order valence-electron chi connectivity index (χ0n) is 19.6. The predicted octanol–water partition coefficient (Wildman–Crippen LogP) is 6.46. The van der Waals surface area contributed by atoms with Crippen LogP contribution in [0.3, 0.4) is 0 Å². The fourth-order valence-corrected chi connectivity index (χ4v) is 3.75. The van der Waals surface area contributed by atoms with E-state index in [2.05, 4.69) is 0 Å². The van der Waals surface area contributed by atoms with Crippen LogP contribution in [0.1, 0.15) is 43.1 Å². The molecule has 0 spiro atoms. The predicted molar refractivity (Wildman–Crippen MR) is 125 cm³/mol. The van der Waals surface area contributed by atoms with Crippen molar-refractivity contribution in [1.82, 2.24) is 0 Å². The van der Waals surface area contributed by atoms with E-state index in [1.807, 2.05) is 6.92 Å². The molecule has 8 heteroatoms. The zero-order chi connectivity index (χ0) is 25.7. The third kappa shape index (κ3) is 5.88. The van der Waals surface area contributed by atoms with Crippen molar-refractivity contribution in [1.29, 1.82) is 0 Å². The van der Waals surface area contributed by atoms with E-state index in [1.54, 1.807) is 26.0 Å². The van der Waals surface area contributed by atoms with Crippen LogP contribution in [-0.2, 0) is 16.0 Å². The first-order valence-corrected chi connectivity index (χ1v) is 11.2. The highest BCUT2D eigenvalue weighted by molar-refractivity contribution is 6.09. The number of anilines is 1. The summed E-state index contributed by atoms with van der Waals surface area (Å²) in [6, 6.07) is 11.6. The van der Waals surface area contributed by atoms with Gasteiger partial charge in [-0.15, -0.1) is 0 Å². The Hall–Kier alpha value is -3.68. The molecule has 0 aromatic heterocycles. The van der Waals surface area contributed by atoms with E-state index in [1.165, 1.54) is 18.2 Å². The average Bonchev–Trinajstić information content (AvgIpc) is 2.80. The number of hydrogen-bond donors (Lipinski definition) is 0. The lowest BCUT2D eigenvalue weighted by molar-refractivity contribution is -0.145. The normalized spacial score (nSPS) is 11.0. The number of rotatable bonds is 8. The molecule has 3 aromatic carbocycles. The monoisotopic (exact) mass is 487 g/mol. The van der Waals surface area contributed by atoms with Gasteiger partial charge in [0.2, 0.25) is 0 Å². The van der Waals surface area contributed by atoms with E-state index in [-0.39, 0.29) is 17.7 Å². The van der Waals surface area contributed by atoms with Crippen LogP contribution in [0.25, 0.3) is 11.1 Å². The standard InChI is InChI=1S/C27H25F4NO3/c1-4-7-20-19(12-13-23(30)26(20)31)17-8-5-9-18(14-17)32(15-24(33)35-16(2)3)27(34)25-21(28)10-6-11-22(25)29/h5-6,8-14,16H,4,7,15H2,1-3H3. The summed E-state index contributed by atoms with van der Waals surface area (Å²) >= 11 is 0. The largest absolute Gasteiger partial charge is 0.462 e. The molecular weight excluding hydrogens is 462 g/mol. The third-order valence-electron chi connectivity index (χ3n) is 5.24. The summed E-state index contributed by atoms with van der Waals surface area (Å²) in [5.41, 5.74) is 0.315. The van der Waals surface area contributed by atoms with Crippen LogP contribution in [0.15, 0.2) is 54.6 Å². The summed E-state index contributed by atoms with van der Waals surface area (Å²) in [5, 5.41) is 0. The molecule has 0 saturated heterocycles. The van der Waals surface area contributed by atoms with E-state index >= 15 is 0 Å². The molecule has 184 valence electrons. The molecule has 1 amide bonds. The van der Waals surface area contributed by atoms with Crippen molar-refractivity contribution in [3.05, 3.63) is 89.0 Å². The summed E-state index contributed by atoms with van der Waals surface area (Å²) < 4.78 is 62.4. The first-order chi connectivity index (χ1) is 16.6. The summed E-state index contributed by atoms with van der Waals surface area (Å²) in [6.45, 7) is 4.46. The van der Waals surface area contributed by atoms with Gasteiger partial charge in [-0.05, 0) is 67.3 Å². The van der Waals surface area contributed by atoms with Crippen LogP contribution in [0.5, 0.6) is 0 Å². The molecule has 0 N–H and O–H groups in total. The molecule has 0 radical (unpaired) electrons. The first-order valence-electron chi connectivity index (χ1n) is 11.2. The Morgan fingerprint density at radius 1 is 0.914 bits per heavy atom. The molecule has 0 aliphatic carbocycles. The molecule has 35 heavy (non-hydrogen) atoms. The van der Waals surface area contributed by atoms with Crippen molar-refractivity contribution in [2.45, 2.75) is 39.7 Å². The Balaban J connectivity index is 2.12. The molecule has 3 rings (SSSR count). The van der Waals surface area contributed by atoms with E-state index in [0.29, 0.717) is 17.5 Å². The number of carbonyl (C=O) groups excluding carboxylic acids is 2. The van der Waals surface area contributed by atoms with Crippen LogP contribution < -0.4 is 4.90 Å². The fourth-order valence-electron chi connectivity index (χ4n) is 3.75. The van der Waals surface area contributed by atoms with E-state index in [4.69, 9.17) is 4.74 Å². The molecular formula is C27H25F4NO3. The van der Waals surface area contributed by atoms with Crippen LogP contribution in [-0.4, -0.2) is 24.5 Å². The minimum atomic E-state index is -1.09. The minimum Gasteiger partial charge on any atom is -0.462 e. The fraction of sp³-hybridized carbons (Fsp3) is 0.259. The second-order valence-electron chi connectivity index (χ2n) is 8.21. The minimum absolute atomic E-state index is 0.128. The molecule has 4 nitrogen and oxygen atoms in total. The Morgan fingerprint density at radius 3 is 2.20 bits per heavy atom. The van der Waals surface area contributed by atoms with Gasteiger partial charge in [-0.1, -0.05) is 37.6 Å². The van der Waals surface area contributed by atoms with Gasteiger partial charge in [0, 0.05) is 5.69 Å².